The first-order valence-corrected chi connectivity index (χ1v) is 7.17. The van der Waals surface area contributed by atoms with Gasteiger partial charge < -0.3 is 10.4 Å². The molecule has 2 aliphatic heterocycles. The fourth-order valence-electron chi connectivity index (χ4n) is 2.51. The molecule has 0 saturated carbocycles. The molecule has 0 aromatic rings. The SMILES string of the molecule is O=S1(=O)CCC(CO)(N2CCNCC2)C1. The maximum Gasteiger partial charge on any atom is 0.152 e. The number of nitrogens with zero attached hydrogens (tertiary/aromatic N) is 1. The highest BCUT2D eigenvalue weighted by Gasteiger charge is 2.46. The molecular formula is C9H18N2O3S. The van der Waals surface area contributed by atoms with E-state index in [4.69, 9.17) is 0 Å². The molecule has 6 heteroatoms. The second-order valence-corrected chi connectivity index (χ2v) is 6.65. The second kappa shape index (κ2) is 4.01. The molecule has 15 heavy (non-hydrogen) atoms. The highest BCUT2D eigenvalue weighted by atomic mass is 32.2. The minimum absolute atomic E-state index is 0.0494. The van der Waals surface area contributed by atoms with Crippen molar-refractivity contribution in [1.29, 1.82) is 0 Å². The number of piperazine rings is 1. The van der Waals surface area contributed by atoms with Crippen molar-refractivity contribution in [3.63, 3.8) is 0 Å². The topological polar surface area (TPSA) is 69.6 Å². The maximum atomic E-state index is 11.5. The predicted molar refractivity (Wildman–Crippen MR) is 57.5 cm³/mol. The fourth-order valence-corrected chi connectivity index (χ4v) is 4.58. The molecule has 1 atom stereocenters. The van der Waals surface area contributed by atoms with Crippen molar-refractivity contribution in [2.24, 2.45) is 0 Å². The van der Waals surface area contributed by atoms with Crippen molar-refractivity contribution in [1.82, 2.24) is 10.2 Å². The van der Waals surface area contributed by atoms with Gasteiger partial charge in [-0.1, -0.05) is 0 Å². The van der Waals surface area contributed by atoms with Crippen LogP contribution in [0.25, 0.3) is 0 Å². The van der Waals surface area contributed by atoms with Gasteiger partial charge in [0.25, 0.3) is 0 Å². The van der Waals surface area contributed by atoms with Gasteiger partial charge in [0.1, 0.15) is 0 Å². The highest BCUT2D eigenvalue weighted by molar-refractivity contribution is 7.91. The molecule has 0 bridgehead atoms. The first-order chi connectivity index (χ1) is 7.08. The van der Waals surface area contributed by atoms with Crippen LogP contribution in [-0.4, -0.2) is 68.3 Å². The quantitative estimate of drug-likeness (QED) is 0.605. The lowest BCUT2D eigenvalue weighted by molar-refractivity contribution is 0.0392. The van der Waals surface area contributed by atoms with Crippen LogP contribution in [0.4, 0.5) is 0 Å². The number of sulfone groups is 1. The van der Waals surface area contributed by atoms with Crippen LogP contribution in [0.2, 0.25) is 0 Å². The van der Waals surface area contributed by atoms with Crippen LogP contribution in [0.3, 0.4) is 0 Å². The predicted octanol–water partition coefficient (Wildman–Crippen LogP) is -1.56. The zero-order valence-corrected chi connectivity index (χ0v) is 9.59. The molecule has 88 valence electrons. The summed E-state index contributed by atoms with van der Waals surface area (Å²) in [5.41, 5.74) is -0.499. The monoisotopic (exact) mass is 234 g/mol. The van der Waals surface area contributed by atoms with E-state index in [0.717, 1.165) is 26.2 Å². The van der Waals surface area contributed by atoms with Gasteiger partial charge in [-0.25, -0.2) is 8.42 Å². The van der Waals surface area contributed by atoms with E-state index in [9.17, 15) is 13.5 Å². The zero-order valence-electron chi connectivity index (χ0n) is 8.78. The Bertz CT molecular complexity index is 324. The number of nitrogens with one attached hydrogen (secondary N) is 1. The summed E-state index contributed by atoms with van der Waals surface area (Å²) in [7, 11) is -2.94. The second-order valence-electron chi connectivity index (χ2n) is 4.46. The van der Waals surface area contributed by atoms with Crippen molar-refractivity contribution in [2.75, 3.05) is 44.3 Å². The smallest absolute Gasteiger partial charge is 0.152 e. The largest absolute Gasteiger partial charge is 0.394 e. The molecule has 1 unspecified atom stereocenters. The van der Waals surface area contributed by atoms with Gasteiger partial charge in [-0.3, -0.25) is 4.90 Å². The Kier molecular flexibility index (Phi) is 3.03. The third-order valence-corrected chi connectivity index (χ3v) is 5.25. The van der Waals surface area contributed by atoms with Gasteiger partial charge in [-0.15, -0.1) is 0 Å². The van der Waals surface area contributed by atoms with E-state index in [-0.39, 0.29) is 18.1 Å². The summed E-state index contributed by atoms with van der Waals surface area (Å²) < 4.78 is 23.0. The molecule has 2 N–H and O–H groups in total. The summed E-state index contributed by atoms with van der Waals surface area (Å²) in [6.45, 7) is 3.36. The first-order valence-electron chi connectivity index (χ1n) is 5.35. The molecule has 0 aliphatic carbocycles. The minimum atomic E-state index is -2.94. The molecule has 0 spiro atoms. The van der Waals surface area contributed by atoms with Crippen LogP contribution >= 0.6 is 0 Å². The van der Waals surface area contributed by atoms with Crippen molar-refractivity contribution in [3.8, 4) is 0 Å². The molecule has 2 saturated heterocycles. The minimum Gasteiger partial charge on any atom is -0.394 e. The van der Waals surface area contributed by atoms with Crippen LogP contribution in [0.5, 0.6) is 0 Å². The summed E-state index contributed by atoms with van der Waals surface area (Å²) >= 11 is 0. The molecular weight excluding hydrogens is 216 g/mol. The Balaban J connectivity index is 2.15. The molecule has 2 fully saturated rings. The molecule has 2 heterocycles. The zero-order chi connectivity index (χ0) is 10.9. The average Bonchev–Trinajstić information content (AvgIpc) is 2.57. The molecule has 2 rings (SSSR count). The van der Waals surface area contributed by atoms with Gasteiger partial charge in [-0.05, 0) is 6.42 Å². The Morgan fingerprint density at radius 3 is 2.47 bits per heavy atom. The van der Waals surface area contributed by atoms with Gasteiger partial charge in [0.15, 0.2) is 9.84 Å². The standard InChI is InChI=1S/C9H18N2O3S/c12-7-9(1-6-15(13,14)8-9)11-4-2-10-3-5-11/h10,12H,1-8H2. The normalized spacial score (nSPS) is 36.9. The molecule has 0 aromatic carbocycles. The Labute approximate surface area is 90.4 Å². The number of aliphatic hydroxyl groups excluding tert-OH is 1. The van der Waals surface area contributed by atoms with E-state index in [1.807, 2.05) is 0 Å². The lowest BCUT2D eigenvalue weighted by Gasteiger charge is -2.41. The summed E-state index contributed by atoms with van der Waals surface area (Å²) in [6, 6.07) is 0. The lowest BCUT2D eigenvalue weighted by atomic mass is 9.97. The number of rotatable bonds is 2. The van der Waals surface area contributed by atoms with Crippen LogP contribution in [0.1, 0.15) is 6.42 Å². The maximum absolute atomic E-state index is 11.5. The van der Waals surface area contributed by atoms with Crippen molar-refractivity contribution in [2.45, 2.75) is 12.0 Å². The van der Waals surface area contributed by atoms with E-state index in [1.54, 1.807) is 0 Å². The Hall–Kier alpha value is -0.170. The highest BCUT2D eigenvalue weighted by Crippen LogP contribution is 2.29. The summed E-state index contributed by atoms with van der Waals surface area (Å²) in [5.74, 6) is 0.341. The fraction of sp³-hybridized carbons (Fsp3) is 1.00. The molecule has 2 aliphatic rings. The van der Waals surface area contributed by atoms with Gasteiger partial charge in [0.05, 0.1) is 23.7 Å². The van der Waals surface area contributed by atoms with E-state index in [1.165, 1.54) is 0 Å². The van der Waals surface area contributed by atoms with E-state index in [2.05, 4.69) is 10.2 Å². The van der Waals surface area contributed by atoms with Crippen LogP contribution < -0.4 is 5.32 Å². The lowest BCUT2D eigenvalue weighted by Crippen LogP contribution is -2.58. The Morgan fingerprint density at radius 1 is 1.33 bits per heavy atom. The number of aliphatic hydroxyl groups is 1. The average molecular weight is 234 g/mol. The van der Waals surface area contributed by atoms with E-state index in [0.29, 0.717) is 6.42 Å². The third-order valence-electron chi connectivity index (χ3n) is 3.45. The van der Waals surface area contributed by atoms with Crippen LogP contribution in [0, 0.1) is 0 Å². The van der Waals surface area contributed by atoms with Crippen molar-refractivity contribution < 1.29 is 13.5 Å². The molecule has 0 radical (unpaired) electrons. The van der Waals surface area contributed by atoms with Gasteiger partial charge in [-0.2, -0.15) is 0 Å². The van der Waals surface area contributed by atoms with E-state index >= 15 is 0 Å². The van der Waals surface area contributed by atoms with Crippen LogP contribution in [0.15, 0.2) is 0 Å². The van der Waals surface area contributed by atoms with Gasteiger partial charge in [0, 0.05) is 26.2 Å². The summed E-state index contributed by atoms with van der Waals surface area (Å²) in [4.78, 5) is 2.13. The summed E-state index contributed by atoms with van der Waals surface area (Å²) in [5, 5.41) is 12.7. The molecule has 0 aromatic heterocycles. The Morgan fingerprint density at radius 2 is 2.00 bits per heavy atom. The number of hydrogen-bond donors (Lipinski definition) is 2. The molecule has 0 amide bonds. The van der Waals surface area contributed by atoms with Crippen LogP contribution in [-0.2, 0) is 9.84 Å². The first kappa shape index (κ1) is 11.3. The van der Waals surface area contributed by atoms with Gasteiger partial charge >= 0.3 is 0 Å². The van der Waals surface area contributed by atoms with Gasteiger partial charge in [0.2, 0.25) is 0 Å². The summed E-state index contributed by atoms with van der Waals surface area (Å²) in [6.07, 6.45) is 0.575. The van der Waals surface area contributed by atoms with E-state index < -0.39 is 15.4 Å². The molecule has 5 nitrogen and oxygen atoms in total. The van der Waals surface area contributed by atoms with Crippen molar-refractivity contribution in [3.05, 3.63) is 0 Å². The third kappa shape index (κ3) is 2.18. The number of hydrogen-bond acceptors (Lipinski definition) is 5. The van der Waals surface area contributed by atoms with Crippen molar-refractivity contribution >= 4 is 9.84 Å².